The molecule has 16 heavy (non-hydrogen) atoms. The van der Waals surface area contributed by atoms with Crippen LogP contribution in [-0.4, -0.2) is 4.98 Å². The number of halogens is 1. The molecule has 1 heterocycles. The summed E-state index contributed by atoms with van der Waals surface area (Å²) in [6.45, 7) is 1.86. The van der Waals surface area contributed by atoms with Gasteiger partial charge >= 0.3 is 0 Å². The van der Waals surface area contributed by atoms with Crippen LogP contribution in [0.5, 0.6) is 0 Å². The van der Waals surface area contributed by atoms with E-state index in [2.05, 4.69) is 4.98 Å². The zero-order chi connectivity index (χ0) is 11.5. The molecule has 0 aliphatic rings. The van der Waals surface area contributed by atoms with Crippen molar-refractivity contribution >= 4 is 0 Å². The molecule has 0 aliphatic heterocycles. The highest BCUT2D eigenvalue weighted by Crippen LogP contribution is 2.22. The molecule has 1 aromatic heterocycles. The van der Waals surface area contributed by atoms with Crippen molar-refractivity contribution in [2.75, 3.05) is 0 Å². The maximum absolute atomic E-state index is 13.0. The highest BCUT2D eigenvalue weighted by Gasteiger charge is 2.11. The molecule has 0 aliphatic carbocycles. The summed E-state index contributed by atoms with van der Waals surface area (Å²) in [5.74, 6) is -0.233. The number of pyridine rings is 1. The summed E-state index contributed by atoms with van der Waals surface area (Å²) in [7, 11) is 0. The normalized spacial score (nSPS) is 12.4. The predicted molar refractivity (Wildman–Crippen MR) is 61.4 cm³/mol. The van der Waals surface area contributed by atoms with Crippen LogP contribution in [0.2, 0.25) is 0 Å². The zero-order valence-electron chi connectivity index (χ0n) is 9.02. The molecule has 0 spiro atoms. The maximum Gasteiger partial charge on any atom is 0.123 e. The average molecular weight is 216 g/mol. The average Bonchev–Trinajstić information content (AvgIpc) is 2.29. The van der Waals surface area contributed by atoms with Crippen LogP contribution >= 0.6 is 0 Å². The molecule has 3 heteroatoms. The van der Waals surface area contributed by atoms with Crippen LogP contribution in [0.1, 0.15) is 22.7 Å². The van der Waals surface area contributed by atoms with E-state index in [1.54, 1.807) is 18.5 Å². The number of hydrogen-bond donors (Lipinski definition) is 1. The van der Waals surface area contributed by atoms with E-state index in [1.165, 1.54) is 12.1 Å². The molecule has 1 aromatic carbocycles. The van der Waals surface area contributed by atoms with E-state index >= 15 is 0 Å². The van der Waals surface area contributed by atoms with Gasteiger partial charge in [0.25, 0.3) is 0 Å². The smallest absolute Gasteiger partial charge is 0.123 e. The van der Waals surface area contributed by atoms with Crippen molar-refractivity contribution in [2.45, 2.75) is 13.0 Å². The third kappa shape index (κ3) is 2.09. The highest BCUT2D eigenvalue weighted by atomic mass is 19.1. The van der Waals surface area contributed by atoms with Gasteiger partial charge in [0.1, 0.15) is 5.82 Å². The van der Waals surface area contributed by atoms with Crippen molar-refractivity contribution in [3.8, 4) is 0 Å². The monoisotopic (exact) mass is 216 g/mol. The van der Waals surface area contributed by atoms with E-state index < -0.39 is 0 Å². The molecule has 1 unspecified atom stereocenters. The lowest BCUT2D eigenvalue weighted by molar-refractivity contribution is 0.624. The highest BCUT2D eigenvalue weighted by molar-refractivity contribution is 5.35. The number of hydrogen-bond acceptors (Lipinski definition) is 2. The minimum Gasteiger partial charge on any atom is -0.320 e. The first-order valence-corrected chi connectivity index (χ1v) is 5.10. The standard InChI is InChI=1S/C13H13FN2/c1-9-8-11(14)2-3-12(9)13(15)10-4-6-16-7-5-10/h2-8,13H,15H2,1H3. The molecule has 0 amide bonds. The van der Waals surface area contributed by atoms with Crippen LogP contribution in [0, 0.1) is 12.7 Å². The Morgan fingerprint density at radius 3 is 2.50 bits per heavy atom. The number of benzene rings is 1. The molecule has 1 atom stereocenters. The summed E-state index contributed by atoms with van der Waals surface area (Å²) in [5.41, 5.74) is 8.90. The van der Waals surface area contributed by atoms with Crippen molar-refractivity contribution in [1.82, 2.24) is 4.98 Å². The van der Waals surface area contributed by atoms with Crippen LogP contribution < -0.4 is 5.73 Å². The molecule has 2 rings (SSSR count). The Morgan fingerprint density at radius 1 is 1.19 bits per heavy atom. The maximum atomic E-state index is 13.0. The SMILES string of the molecule is Cc1cc(F)ccc1C(N)c1ccncc1. The first kappa shape index (κ1) is 10.8. The zero-order valence-corrected chi connectivity index (χ0v) is 9.02. The van der Waals surface area contributed by atoms with Gasteiger partial charge in [-0.1, -0.05) is 6.07 Å². The number of nitrogens with zero attached hydrogens (tertiary/aromatic N) is 1. The second-order valence-corrected chi connectivity index (χ2v) is 3.76. The molecule has 0 saturated heterocycles. The molecule has 2 N–H and O–H groups in total. The van der Waals surface area contributed by atoms with Crippen molar-refractivity contribution in [3.05, 3.63) is 65.2 Å². The molecule has 0 radical (unpaired) electrons. The third-order valence-corrected chi connectivity index (χ3v) is 2.63. The molecule has 2 aromatic rings. The Morgan fingerprint density at radius 2 is 1.88 bits per heavy atom. The van der Waals surface area contributed by atoms with Gasteiger partial charge in [-0.05, 0) is 47.9 Å². The van der Waals surface area contributed by atoms with E-state index in [1.807, 2.05) is 19.1 Å². The fourth-order valence-electron chi connectivity index (χ4n) is 1.74. The van der Waals surface area contributed by atoms with Gasteiger partial charge in [0, 0.05) is 12.4 Å². The van der Waals surface area contributed by atoms with Crippen molar-refractivity contribution in [3.63, 3.8) is 0 Å². The van der Waals surface area contributed by atoms with E-state index in [-0.39, 0.29) is 11.9 Å². The second-order valence-electron chi connectivity index (χ2n) is 3.76. The minimum atomic E-state index is -0.233. The summed E-state index contributed by atoms with van der Waals surface area (Å²) in [6, 6.07) is 8.17. The van der Waals surface area contributed by atoms with E-state index in [0.29, 0.717) is 0 Å². The molecular weight excluding hydrogens is 203 g/mol. The van der Waals surface area contributed by atoms with Gasteiger partial charge in [-0.25, -0.2) is 4.39 Å². The Bertz CT molecular complexity index is 483. The van der Waals surface area contributed by atoms with Crippen LogP contribution in [0.4, 0.5) is 4.39 Å². The number of rotatable bonds is 2. The predicted octanol–water partition coefficient (Wildman–Crippen LogP) is 2.58. The number of nitrogens with two attached hydrogens (primary N) is 1. The van der Waals surface area contributed by atoms with Gasteiger partial charge in [0.05, 0.1) is 6.04 Å². The van der Waals surface area contributed by atoms with Gasteiger partial charge in [-0.3, -0.25) is 4.98 Å². The van der Waals surface area contributed by atoms with Gasteiger partial charge < -0.3 is 5.73 Å². The summed E-state index contributed by atoms with van der Waals surface area (Å²) >= 11 is 0. The molecule has 0 bridgehead atoms. The second kappa shape index (κ2) is 4.41. The summed E-state index contributed by atoms with van der Waals surface area (Å²) < 4.78 is 13.0. The molecule has 0 fully saturated rings. The Kier molecular flexibility index (Phi) is 2.97. The van der Waals surface area contributed by atoms with Crippen molar-refractivity contribution < 1.29 is 4.39 Å². The molecule has 82 valence electrons. The fraction of sp³-hybridized carbons (Fsp3) is 0.154. The lowest BCUT2D eigenvalue weighted by atomic mass is 9.96. The Hall–Kier alpha value is -1.74. The van der Waals surface area contributed by atoms with Crippen LogP contribution in [-0.2, 0) is 0 Å². The lowest BCUT2D eigenvalue weighted by Crippen LogP contribution is -2.13. The van der Waals surface area contributed by atoms with Gasteiger partial charge in [-0.2, -0.15) is 0 Å². The van der Waals surface area contributed by atoms with Crippen LogP contribution in [0.25, 0.3) is 0 Å². The number of aromatic nitrogens is 1. The topological polar surface area (TPSA) is 38.9 Å². The largest absolute Gasteiger partial charge is 0.320 e. The van der Waals surface area contributed by atoms with Gasteiger partial charge in [0.15, 0.2) is 0 Å². The van der Waals surface area contributed by atoms with Gasteiger partial charge in [0.2, 0.25) is 0 Å². The van der Waals surface area contributed by atoms with E-state index in [4.69, 9.17) is 5.73 Å². The quantitative estimate of drug-likeness (QED) is 0.838. The number of aryl methyl sites for hydroxylation is 1. The van der Waals surface area contributed by atoms with Crippen LogP contribution in [0.3, 0.4) is 0 Å². The summed E-state index contributed by atoms with van der Waals surface area (Å²) in [5, 5.41) is 0. The molecule has 0 saturated carbocycles. The van der Waals surface area contributed by atoms with Crippen molar-refractivity contribution in [1.29, 1.82) is 0 Å². The van der Waals surface area contributed by atoms with Gasteiger partial charge in [-0.15, -0.1) is 0 Å². The summed E-state index contributed by atoms with van der Waals surface area (Å²) in [6.07, 6.45) is 3.40. The minimum absolute atomic E-state index is 0.233. The summed E-state index contributed by atoms with van der Waals surface area (Å²) in [4.78, 5) is 3.94. The van der Waals surface area contributed by atoms with E-state index in [9.17, 15) is 4.39 Å². The van der Waals surface area contributed by atoms with Crippen LogP contribution in [0.15, 0.2) is 42.7 Å². The fourth-order valence-corrected chi connectivity index (χ4v) is 1.74. The van der Waals surface area contributed by atoms with E-state index in [0.717, 1.165) is 16.7 Å². The first-order chi connectivity index (χ1) is 7.68. The molecular formula is C13H13FN2. The molecule has 2 nitrogen and oxygen atoms in total. The van der Waals surface area contributed by atoms with Crippen molar-refractivity contribution in [2.24, 2.45) is 5.73 Å². The first-order valence-electron chi connectivity index (χ1n) is 5.10. The lowest BCUT2D eigenvalue weighted by Gasteiger charge is -2.14. The third-order valence-electron chi connectivity index (χ3n) is 2.63. The Labute approximate surface area is 93.9 Å². The Balaban J connectivity index is 2.38.